The molecule has 0 aliphatic carbocycles. The number of nitrogens with zero attached hydrogens (tertiary/aromatic N) is 2. The number of Topliss-reactive ketones (excluding diaryl/α,β-unsaturated/α-hetero) is 2. The number of hydrogen-bond donors (Lipinski definition) is 0. The average molecular weight is 621 g/mol. The Balaban J connectivity index is 0.000000268. The third kappa shape index (κ3) is 11.7. The zero-order chi connectivity index (χ0) is 27.7. The van der Waals surface area contributed by atoms with Crippen molar-refractivity contribution >= 4 is 51.3 Å². The van der Waals surface area contributed by atoms with Crippen molar-refractivity contribution < 1.29 is 9.59 Å². The summed E-state index contributed by atoms with van der Waals surface area (Å²) in [6.45, 7) is 4.75. The zero-order valence-corrected chi connectivity index (χ0v) is 25.4. The molecule has 0 atom stereocenters. The summed E-state index contributed by atoms with van der Waals surface area (Å²) in [7, 11) is 0. The Labute approximate surface area is 242 Å². The maximum absolute atomic E-state index is 12.1. The van der Waals surface area contributed by atoms with E-state index >= 15 is 0 Å². The molecule has 0 spiro atoms. The number of carbonyl (C=O) groups is 2. The SMILES string of the molecule is CC(CC(=O)c1ccccc1)=NCCN=C(C)CC(=O)c1ccccc1.c1cc[c]([Sn][c]2ccccc2)cc1. The molecule has 4 aromatic rings. The number of carbonyl (C=O) groups excluding carboxylic acids is 2. The van der Waals surface area contributed by atoms with Crippen LogP contribution in [0.4, 0.5) is 0 Å². The number of aliphatic imine (C=N–C) groups is 2. The van der Waals surface area contributed by atoms with Crippen LogP contribution in [0.1, 0.15) is 47.4 Å². The first-order valence-electron chi connectivity index (χ1n) is 13.0. The van der Waals surface area contributed by atoms with E-state index in [1.54, 1.807) is 0 Å². The van der Waals surface area contributed by atoms with Crippen LogP contribution in [-0.4, -0.2) is 57.2 Å². The molecule has 0 N–H and O–H groups in total. The monoisotopic (exact) mass is 622 g/mol. The van der Waals surface area contributed by atoms with Gasteiger partial charge in [0.2, 0.25) is 0 Å². The van der Waals surface area contributed by atoms with Crippen LogP contribution in [0.15, 0.2) is 131 Å². The van der Waals surface area contributed by atoms with E-state index in [4.69, 9.17) is 0 Å². The van der Waals surface area contributed by atoms with E-state index in [9.17, 15) is 9.59 Å². The minimum atomic E-state index is -0.517. The summed E-state index contributed by atoms with van der Waals surface area (Å²) in [6, 6.07) is 40.0. The van der Waals surface area contributed by atoms with Crippen molar-refractivity contribution in [3.63, 3.8) is 0 Å². The number of benzene rings is 4. The normalized spacial score (nSPS) is 11.3. The minimum absolute atomic E-state index is 0.0694. The fourth-order valence-corrected chi connectivity index (χ4v) is 6.72. The van der Waals surface area contributed by atoms with Crippen LogP contribution in [0.25, 0.3) is 0 Å². The van der Waals surface area contributed by atoms with E-state index in [2.05, 4.69) is 70.6 Å². The standard InChI is InChI=1S/C22H24N2O2.2C6H5.Sn/c1-17(15-21(25)19-9-5-3-6-10-19)23-13-14-24-18(2)16-22(26)20-11-7-4-8-12-20;2*1-2-4-6-5-3-1;/h3-12H,13-16H2,1-2H3;2*1-5H;. The van der Waals surface area contributed by atoms with E-state index < -0.39 is 21.1 Å². The number of rotatable bonds is 11. The van der Waals surface area contributed by atoms with Crippen LogP contribution in [0.3, 0.4) is 0 Å². The molecule has 5 heteroatoms. The summed E-state index contributed by atoms with van der Waals surface area (Å²) >= 11 is -0.517. The van der Waals surface area contributed by atoms with Gasteiger partial charge in [0.25, 0.3) is 0 Å². The molecule has 0 saturated carbocycles. The van der Waals surface area contributed by atoms with Crippen molar-refractivity contribution in [2.24, 2.45) is 9.98 Å². The Bertz CT molecular complexity index is 1250. The van der Waals surface area contributed by atoms with Crippen molar-refractivity contribution in [3.8, 4) is 0 Å². The van der Waals surface area contributed by atoms with Gasteiger partial charge in [-0.1, -0.05) is 60.7 Å². The summed E-state index contributed by atoms with van der Waals surface area (Å²) < 4.78 is 3.08. The van der Waals surface area contributed by atoms with Gasteiger partial charge in [-0.2, -0.15) is 0 Å². The molecule has 0 amide bonds. The Kier molecular flexibility index (Phi) is 13.1. The molecular weight excluding hydrogens is 587 g/mol. The van der Waals surface area contributed by atoms with E-state index in [1.807, 2.05) is 74.5 Å². The first kappa shape index (κ1) is 29.9. The molecular formula is C34H34N2O2Sn. The third-order valence-electron chi connectivity index (χ3n) is 5.72. The van der Waals surface area contributed by atoms with E-state index in [1.165, 1.54) is 7.16 Å². The van der Waals surface area contributed by atoms with Crippen LogP contribution in [-0.2, 0) is 0 Å². The summed E-state index contributed by atoms with van der Waals surface area (Å²) in [5.41, 5.74) is 3.00. The van der Waals surface area contributed by atoms with E-state index in [0.29, 0.717) is 37.1 Å². The Morgan fingerprint density at radius 1 is 0.513 bits per heavy atom. The summed E-state index contributed by atoms with van der Waals surface area (Å²) in [6.07, 6.45) is 0.637. The Morgan fingerprint density at radius 3 is 1.15 bits per heavy atom. The third-order valence-corrected chi connectivity index (χ3v) is 9.27. The summed E-state index contributed by atoms with van der Waals surface area (Å²) in [5, 5.41) is 0. The fraction of sp³-hybridized carbons (Fsp3) is 0.176. The number of ketones is 2. The van der Waals surface area contributed by atoms with E-state index in [0.717, 1.165) is 11.4 Å². The molecule has 0 saturated heterocycles. The van der Waals surface area contributed by atoms with Crippen LogP contribution < -0.4 is 7.16 Å². The van der Waals surface area contributed by atoms with Crippen molar-refractivity contribution in [2.75, 3.05) is 13.1 Å². The maximum atomic E-state index is 12.1. The van der Waals surface area contributed by atoms with Gasteiger partial charge >= 0.3 is 89.0 Å². The van der Waals surface area contributed by atoms with Gasteiger partial charge in [0, 0.05) is 35.4 Å². The molecule has 0 aliphatic heterocycles. The van der Waals surface area contributed by atoms with Crippen molar-refractivity contribution in [2.45, 2.75) is 26.7 Å². The van der Waals surface area contributed by atoms with Crippen molar-refractivity contribution in [1.29, 1.82) is 0 Å². The van der Waals surface area contributed by atoms with Gasteiger partial charge in [0.05, 0.1) is 13.1 Å². The quantitative estimate of drug-likeness (QED) is 0.0922. The molecule has 196 valence electrons. The summed E-state index contributed by atoms with van der Waals surface area (Å²) in [5.74, 6) is 0.139. The fourth-order valence-electron chi connectivity index (χ4n) is 3.72. The van der Waals surface area contributed by atoms with Crippen molar-refractivity contribution in [1.82, 2.24) is 0 Å². The zero-order valence-electron chi connectivity index (χ0n) is 22.6. The summed E-state index contributed by atoms with van der Waals surface area (Å²) in [4.78, 5) is 33.0. The molecule has 4 aromatic carbocycles. The average Bonchev–Trinajstić information content (AvgIpc) is 2.97. The van der Waals surface area contributed by atoms with E-state index in [-0.39, 0.29) is 11.6 Å². The van der Waals surface area contributed by atoms with Crippen LogP contribution >= 0.6 is 0 Å². The van der Waals surface area contributed by atoms with Gasteiger partial charge in [-0.05, 0) is 13.8 Å². The molecule has 2 radical (unpaired) electrons. The second-order valence-corrected chi connectivity index (χ2v) is 13.0. The number of hydrogen-bond acceptors (Lipinski definition) is 4. The molecule has 0 bridgehead atoms. The molecule has 0 heterocycles. The molecule has 4 rings (SSSR count). The van der Waals surface area contributed by atoms with Gasteiger partial charge in [0.15, 0.2) is 11.6 Å². The van der Waals surface area contributed by atoms with Crippen molar-refractivity contribution in [3.05, 3.63) is 132 Å². The predicted molar refractivity (Wildman–Crippen MR) is 165 cm³/mol. The van der Waals surface area contributed by atoms with Crippen LogP contribution in [0.2, 0.25) is 0 Å². The van der Waals surface area contributed by atoms with Gasteiger partial charge in [0.1, 0.15) is 0 Å². The second-order valence-electron chi connectivity index (χ2n) is 9.02. The molecule has 0 fully saturated rings. The predicted octanol–water partition coefficient (Wildman–Crippen LogP) is 5.80. The first-order valence-corrected chi connectivity index (χ1v) is 15.9. The molecule has 4 nitrogen and oxygen atoms in total. The first-order chi connectivity index (χ1) is 19.0. The van der Waals surface area contributed by atoms with Gasteiger partial charge in [-0.25, -0.2) is 0 Å². The Morgan fingerprint density at radius 2 is 0.821 bits per heavy atom. The van der Waals surface area contributed by atoms with Crippen LogP contribution in [0.5, 0.6) is 0 Å². The Hall–Kier alpha value is -3.64. The molecule has 0 aliphatic rings. The van der Waals surface area contributed by atoms with Crippen LogP contribution in [0, 0.1) is 0 Å². The van der Waals surface area contributed by atoms with Gasteiger partial charge in [-0.3, -0.25) is 19.6 Å². The molecule has 0 unspecified atom stereocenters. The molecule has 39 heavy (non-hydrogen) atoms. The van der Waals surface area contributed by atoms with Gasteiger partial charge < -0.3 is 0 Å². The second kappa shape index (κ2) is 17.0. The van der Waals surface area contributed by atoms with Gasteiger partial charge in [-0.15, -0.1) is 0 Å². The topological polar surface area (TPSA) is 58.9 Å². The molecule has 0 aromatic heterocycles.